The second kappa shape index (κ2) is 11.3. The van der Waals surface area contributed by atoms with Crippen molar-refractivity contribution < 1.29 is 4.79 Å². The zero-order valence-electron chi connectivity index (χ0n) is 14.6. The summed E-state index contributed by atoms with van der Waals surface area (Å²) < 4.78 is 1.92. The number of amides is 1. The molecule has 1 amide bonds. The highest BCUT2D eigenvalue weighted by Gasteiger charge is 2.16. The number of aryl methyl sites for hydroxylation is 1. The minimum atomic E-state index is 0. The number of rotatable bonds is 7. The number of likely N-dealkylation sites (N-methyl/N-ethyl adjacent to an activating group) is 1. The van der Waals surface area contributed by atoms with E-state index in [0.29, 0.717) is 6.04 Å². The van der Waals surface area contributed by atoms with Crippen LogP contribution < -0.4 is 10.6 Å². The molecular formula is C16H29IN6O. The Labute approximate surface area is 161 Å². The number of aliphatic imine (C=N–C) groups is 1. The summed E-state index contributed by atoms with van der Waals surface area (Å²) in [5.74, 6) is 0.752. The van der Waals surface area contributed by atoms with Crippen LogP contribution in [0.2, 0.25) is 0 Å². The van der Waals surface area contributed by atoms with Gasteiger partial charge in [0.2, 0.25) is 5.91 Å². The molecule has 1 aliphatic carbocycles. The van der Waals surface area contributed by atoms with E-state index in [4.69, 9.17) is 0 Å². The molecule has 7 nitrogen and oxygen atoms in total. The summed E-state index contributed by atoms with van der Waals surface area (Å²) in [6.07, 6.45) is 9.58. The number of nitrogens with one attached hydrogen (secondary N) is 2. The third-order valence-corrected chi connectivity index (χ3v) is 3.98. The fourth-order valence-corrected chi connectivity index (χ4v) is 2.58. The smallest absolute Gasteiger partial charge is 0.243 e. The monoisotopic (exact) mass is 448 g/mol. The van der Waals surface area contributed by atoms with Gasteiger partial charge in [-0.1, -0.05) is 12.8 Å². The van der Waals surface area contributed by atoms with Gasteiger partial charge in [-0.25, -0.2) is 4.99 Å². The van der Waals surface area contributed by atoms with Gasteiger partial charge >= 0.3 is 0 Å². The van der Waals surface area contributed by atoms with Crippen molar-refractivity contribution in [3.63, 3.8) is 0 Å². The predicted octanol–water partition coefficient (Wildman–Crippen LogP) is 1.46. The molecule has 2 rings (SSSR count). The number of nitrogens with zero attached hydrogens (tertiary/aromatic N) is 4. The van der Waals surface area contributed by atoms with Crippen LogP contribution in [0.1, 0.15) is 32.1 Å². The lowest BCUT2D eigenvalue weighted by molar-refractivity contribution is -0.127. The molecular weight excluding hydrogens is 419 g/mol. The van der Waals surface area contributed by atoms with Gasteiger partial charge in [0, 0.05) is 45.6 Å². The molecule has 0 spiro atoms. The Kier molecular flexibility index (Phi) is 9.73. The van der Waals surface area contributed by atoms with E-state index in [0.717, 1.165) is 25.5 Å². The van der Waals surface area contributed by atoms with E-state index < -0.39 is 0 Å². The van der Waals surface area contributed by atoms with E-state index in [9.17, 15) is 4.79 Å². The topological polar surface area (TPSA) is 74.5 Å². The molecule has 1 aliphatic rings. The van der Waals surface area contributed by atoms with E-state index in [1.807, 2.05) is 16.9 Å². The molecule has 1 fully saturated rings. The standard InChI is InChI=1S/C16H28N6O.HI/c1-21(2)15(23)13-18-16(20-14-7-3-4-8-14)17-9-5-11-22-12-6-10-19-22;/h6,10,12,14H,3-5,7-9,11,13H2,1-2H3,(H2,17,18,20);1H. The summed E-state index contributed by atoms with van der Waals surface area (Å²) in [5, 5.41) is 11.0. The molecule has 0 saturated heterocycles. The molecule has 1 aromatic rings. The van der Waals surface area contributed by atoms with Gasteiger partial charge in [0.25, 0.3) is 0 Å². The third kappa shape index (κ3) is 7.50. The Bertz CT molecular complexity index is 497. The van der Waals surface area contributed by atoms with Crippen LogP contribution in [-0.2, 0) is 11.3 Å². The molecule has 0 unspecified atom stereocenters. The van der Waals surface area contributed by atoms with Crippen molar-refractivity contribution in [3.05, 3.63) is 18.5 Å². The number of aromatic nitrogens is 2. The Balaban J connectivity index is 0.00000288. The van der Waals surface area contributed by atoms with Crippen LogP contribution in [0.5, 0.6) is 0 Å². The summed E-state index contributed by atoms with van der Waals surface area (Å²) in [4.78, 5) is 17.7. The zero-order chi connectivity index (χ0) is 16.5. The highest BCUT2D eigenvalue weighted by atomic mass is 127. The number of hydrogen-bond donors (Lipinski definition) is 2. The van der Waals surface area contributed by atoms with Gasteiger partial charge in [-0.2, -0.15) is 5.10 Å². The molecule has 1 aromatic heterocycles. The average Bonchev–Trinajstić information content (AvgIpc) is 3.21. The Morgan fingerprint density at radius 2 is 2.12 bits per heavy atom. The molecule has 0 aromatic carbocycles. The van der Waals surface area contributed by atoms with Crippen molar-refractivity contribution in [2.75, 3.05) is 27.2 Å². The summed E-state index contributed by atoms with van der Waals surface area (Å²) in [7, 11) is 3.50. The fourth-order valence-electron chi connectivity index (χ4n) is 2.58. The van der Waals surface area contributed by atoms with Crippen molar-refractivity contribution in [2.45, 2.75) is 44.7 Å². The summed E-state index contributed by atoms with van der Waals surface area (Å²) >= 11 is 0. The number of halogens is 1. The highest BCUT2D eigenvalue weighted by Crippen LogP contribution is 2.17. The number of carbonyl (C=O) groups excluding carboxylic acids is 1. The maximum Gasteiger partial charge on any atom is 0.243 e. The first-order valence-electron chi connectivity index (χ1n) is 8.37. The minimum absolute atomic E-state index is 0. The van der Waals surface area contributed by atoms with Gasteiger partial charge in [-0.3, -0.25) is 9.48 Å². The second-order valence-corrected chi connectivity index (χ2v) is 6.13. The number of hydrogen-bond acceptors (Lipinski definition) is 3. The molecule has 8 heteroatoms. The zero-order valence-corrected chi connectivity index (χ0v) is 16.9. The van der Waals surface area contributed by atoms with E-state index in [-0.39, 0.29) is 36.4 Å². The van der Waals surface area contributed by atoms with Crippen LogP contribution >= 0.6 is 24.0 Å². The van der Waals surface area contributed by atoms with Crippen LogP contribution in [0.3, 0.4) is 0 Å². The van der Waals surface area contributed by atoms with Crippen LogP contribution in [0, 0.1) is 0 Å². The van der Waals surface area contributed by atoms with Crippen molar-refractivity contribution in [1.82, 2.24) is 25.3 Å². The lowest BCUT2D eigenvalue weighted by Crippen LogP contribution is -2.43. The Morgan fingerprint density at radius 1 is 1.38 bits per heavy atom. The van der Waals surface area contributed by atoms with Crippen LogP contribution in [0.25, 0.3) is 0 Å². The summed E-state index contributed by atoms with van der Waals surface area (Å²) in [6.45, 7) is 1.84. The van der Waals surface area contributed by atoms with E-state index in [2.05, 4.69) is 20.7 Å². The van der Waals surface area contributed by atoms with Gasteiger partial charge in [0.15, 0.2) is 5.96 Å². The molecule has 136 valence electrons. The summed E-state index contributed by atoms with van der Waals surface area (Å²) in [6, 6.07) is 2.40. The van der Waals surface area contributed by atoms with E-state index >= 15 is 0 Å². The van der Waals surface area contributed by atoms with E-state index in [1.54, 1.807) is 25.2 Å². The first-order valence-corrected chi connectivity index (χ1v) is 8.37. The lowest BCUT2D eigenvalue weighted by Gasteiger charge is -2.18. The van der Waals surface area contributed by atoms with Crippen molar-refractivity contribution >= 4 is 35.8 Å². The number of carbonyl (C=O) groups is 1. The van der Waals surface area contributed by atoms with Crippen molar-refractivity contribution in [3.8, 4) is 0 Å². The first kappa shape index (κ1) is 20.7. The predicted molar refractivity (Wildman–Crippen MR) is 107 cm³/mol. The Hall–Kier alpha value is -1.32. The summed E-state index contributed by atoms with van der Waals surface area (Å²) in [5.41, 5.74) is 0. The molecule has 2 N–H and O–H groups in total. The van der Waals surface area contributed by atoms with Gasteiger partial charge < -0.3 is 15.5 Å². The van der Waals surface area contributed by atoms with Crippen molar-refractivity contribution in [1.29, 1.82) is 0 Å². The SMILES string of the molecule is CN(C)C(=O)CN=C(NCCCn1cccn1)NC1CCCC1.I. The average molecular weight is 448 g/mol. The van der Waals surface area contributed by atoms with Crippen LogP contribution in [0.15, 0.2) is 23.5 Å². The molecule has 1 heterocycles. The van der Waals surface area contributed by atoms with Crippen molar-refractivity contribution in [2.24, 2.45) is 4.99 Å². The normalized spacial score (nSPS) is 15.0. The largest absolute Gasteiger partial charge is 0.356 e. The van der Waals surface area contributed by atoms with Gasteiger partial charge in [-0.05, 0) is 25.3 Å². The van der Waals surface area contributed by atoms with Crippen LogP contribution in [-0.4, -0.2) is 59.8 Å². The number of guanidine groups is 1. The first-order chi connectivity index (χ1) is 11.1. The molecule has 24 heavy (non-hydrogen) atoms. The van der Waals surface area contributed by atoms with Crippen LogP contribution in [0.4, 0.5) is 0 Å². The molecule has 0 radical (unpaired) electrons. The highest BCUT2D eigenvalue weighted by molar-refractivity contribution is 14.0. The van der Waals surface area contributed by atoms with E-state index in [1.165, 1.54) is 25.7 Å². The molecule has 0 aliphatic heterocycles. The maximum atomic E-state index is 11.7. The third-order valence-electron chi connectivity index (χ3n) is 3.98. The van der Waals surface area contributed by atoms with Gasteiger partial charge in [0.05, 0.1) is 0 Å². The lowest BCUT2D eigenvalue weighted by atomic mass is 10.2. The molecule has 0 atom stereocenters. The minimum Gasteiger partial charge on any atom is -0.356 e. The van der Waals surface area contributed by atoms with Gasteiger partial charge in [0.1, 0.15) is 6.54 Å². The second-order valence-electron chi connectivity index (χ2n) is 6.13. The molecule has 0 bridgehead atoms. The molecule has 1 saturated carbocycles. The maximum absolute atomic E-state index is 11.7. The quantitative estimate of drug-likeness (QED) is 0.287. The Morgan fingerprint density at radius 3 is 2.75 bits per heavy atom. The van der Waals surface area contributed by atoms with Gasteiger partial charge in [-0.15, -0.1) is 24.0 Å². The fraction of sp³-hybridized carbons (Fsp3) is 0.688.